The highest BCUT2D eigenvalue weighted by Crippen LogP contribution is 2.13. The van der Waals surface area contributed by atoms with Gasteiger partial charge in [-0.05, 0) is 41.2 Å². The van der Waals surface area contributed by atoms with Crippen LogP contribution in [0, 0.1) is 5.92 Å². The Morgan fingerprint density at radius 1 is 1.03 bits per heavy atom. The summed E-state index contributed by atoms with van der Waals surface area (Å²) in [6.07, 6.45) is 13.8. The molecule has 2 aromatic carbocycles. The number of imidazole rings is 1. The Morgan fingerprint density at radius 2 is 1.64 bits per heavy atom. The number of aromatic nitrogens is 2. The van der Waals surface area contributed by atoms with Gasteiger partial charge < -0.3 is 14.4 Å². The number of benzene rings is 2. The van der Waals surface area contributed by atoms with Crippen molar-refractivity contribution in [3.8, 4) is 0 Å². The summed E-state index contributed by atoms with van der Waals surface area (Å²) >= 11 is 0. The maximum Gasteiger partial charge on any atom is 0.244 e. The third kappa shape index (κ3) is 12.1. The fraction of sp³-hybridized carbons (Fsp3) is 0.387. The Morgan fingerprint density at radius 3 is 2.18 bits per heavy atom. The largest absolute Gasteiger partial charge is 0.744 e. The molecule has 3 aromatic rings. The maximum atomic E-state index is 10.5. The van der Waals surface area contributed by atoms with Crippen molar-refractivity contribution >= 4 is 22.3 Å². The molecule has 3 rings (SSSR count). The summed E-state index contributed by atoms with van der Waals surface area (Å²) in [5.74, 6) is 0.610. The Labute approximate surface area is 233 Å². The van der Waals surface area contributed by atoms with Crippen LogP contribution in [-0.4, -0.2) is 42.0 Å². The molecule has 0 spiro atoms. The second-order valence-electron chi connectivity index (χ2n) is 9.56. The summed E-state index contributed by atoms with van der Waals surface area (Å²) in [5.41, 5.74) is 3.15. The van der Waals surface area contributed by atoms with E-state index in [0.717, 1.165) is 30.7 Å². The monoisotopic (exact) mass is 554 g/mol. The average Bonchev–Trinajstić information content (AvgIpc) is 3.37. The summed E-state index contributed by atoms with van der Waals surface area (Å²) < 4.78 is 41.3. The number of hydrogen-bond acceptors (Lipinski definition) is 5. The molecule has 2 unspecified atom stereocenters. The topological polar surface area (TPSA) is 95.5 Å². The highest BCUT2D eigenvalue weighted by molar-refractivity contribution is 7.85. The molecule has 7 nitrogen and oxygen atoms in total. The lowest BCUT2D eigenvalue weighted by Crippen LogP contribution is -2.32. The number of aliphatic hydroxyl groups excluding tert-OH is 1. The molecular formula is C31H42N2O5S. The molecule has 0 saturated heterocycles. The molecule has 39 heavy (non-hydrogen) atoms. The van der Waals surface area contributed by atoms with E-state index in [2.05, 4.69) is 55.8 Å². The molecule has 0 radical (unpaired) electrons. The van der Waals surface area contributed by atoms with Crippen molar-refractivity contribution in [3.05, 3.63) is 97.1 Å². The quantitative estimate of drug-likeness (QED) is 0.203. The first-order chi connectivity index (χ1) is 18.7. The molecule has 212 valence electrons. The van der Waals surface area contributed by atoms with Crippen LogP contribution >= 0.6 is 0 Å². The normalized spacial score (nSPS) is 12.7. The van der Waals surface area contributed by atoms with Crippen molar-refractivity contribution in [3.63, 3.8) is 0 Å². The first kappa shape index (κ1) is 32.2. The number of unbranched alkanes of at least 4 members (excludes halogenated alkanes) is 1. The zero-order valence-electron chi connectivity index (χ0n) is 23.1. The van der Waals surface area contributed by atoms with Crippen LogP contribution in [0.2, 0.25) is 0 Å². The summed E-state index contributed by atoms with van der Waals surface area (Å²) in [7, 11) is -4.31. The zero-order chi connectivity index (χ0) is 28.7. The lowest BCUT2D eigenvalue weighted by atomic mass is 10.0. The molecule has 0 amide bonds. The van der Waals surface area contributed by atoms with Crippen molar-refractivity contribution in [2.45, 2.75) is 63.6 Å². The average molecular weight is 555 g/mol. The maximum absolute atomic E-state index is 10.5. The fourth-order valence-electron chi connectivity index (χ4n) is 3.95. The third-order valence-corrected chi connectivity index (χ3v) is 7.21. The van der Waals surface area contributed by atoms with E-state index in [1.54, 1.807) is 6.08 Å². The summed E-state index contributed by atoms with van der Waals surface area (Å²) in [6, 6.07) is 14.0. The molecule has 0 fully saturated rings. The van der Waals surface area contributed by atoms with E-state index in [4.69, 9.17) is 4.74 Å². The van der Waals surface area contributed by atoms with Crippen LogP contribution in [0.25, 0.3) is 12.2 Å². The molecular weight excluding hydrogens is 512 g/mol. The standard InChI is InChI=1S/C23H35N2O2.C8H8O3S/c1-4-7-8-21(6-3)17-27-18-23(26)16-25-14-13-24(19-25)15-22-11-9-20(5-2)10-12-22;1-2-7-3-5-8(6-4-7)12(9,10)11/h5,9-14,19,21,23,26H,2,4,6-8,15-18H2,1,3H3;2-6H,1H2,(H,9,10,11)/q+1;/p-1. The van der Waals surface area contributed by atoms with Gasteiger partial charge in [0.1, 0.15) is 41.7 Å². The van der Waals surface area contributed by atoms with Crippen LogP contribution in [0.3, 0.4) is 0 Å². The Balaban J connectivity index is 0.000000370. The summed E-state index contributed by atoms with van der Waals surface area (Å²) in [6.45, 7) is 14.2. The number of aliphatic hydroxyl groups is 1. The zero-order valence-corrected chi connectivity index (χ0v) is 23.9. The van der Waals surface area contributed by atoms with E-state index in [1.807, 2.05) is 29.4 Å². The van der Waals surface area contributed by atoms with Gasteiger partial charge in [0.2, 0.25) is 6.33 Å². The Kier molecular flexibility index (Phi) is 13.9. The van der Waals surface area contributed by atoms with Crippen LogP contribution in [0.5, 0.6) is 0 Å². The predicted molar refractivity (Wildman–Crippen MR) is 155 cm³/mol. The van der Waals surface area contributed by atoms with Crippen LogP contribution in [0.1, 0.15) is 56.2 Å². The van der Waals surface area contributed by atoms with Crippen LogP contribution < -0.4 is 4.57 Å². The van der Waals surface area contributed by atoms with Gasteiger partial charge in [0.25, 0.3) is 0 Å². The van der Waals surface area contributed by atoms with Gasteiger partial charge in [0.15, 0.2) is 0 Å². The van der Waals surface area contributed by atoms with Gasteiger partial charge in [0.05, 0.1) is 11.5 Å². The molecule has 8 heteroatoms. The highest BCUT2D eigenvalue weighted by Gasteiger charge is 2.13. The lowest BCUT2D eigenvalue weighted by Gasteiger charge is -2.16. The van der Waals surface area contributed by atoms with Gasteiger partial charge in [-0.25, -0.2) is 17.6 Å². The van der Waals surface area contributed by atoms with Crippen molar-refractivity contribution in [2.24, 2.45) is 5.92 Å². The number of hydrogen-bond donors (Lipinski definition) is 1. The summed E-state index contributed by atoms with van der Waals surface area (Å²) in [5, 5.41) is 10.3. The second kappa shape index (κ2) is 16.8. The van der Waals surface area contributed by atoms with Gasteiger partial charge in [-0.2, -0.15) is 0 Å². The Hall–Kier alpha value is -3.04. The van der Waals surface area contributed by atoms with Gasteiger partial charge in [-0.15, -0.1) is 0 Å². The van der Waals surface area contributed by atoms with Gasteiger partial charge >= 0.3 is 0 Å². The van der Waals surface area contributed by atoms with E-state index in [9.17, 15) is 18.1 Å². The van der Waals surface area contributed by atoms with Gasteiger partial charge in [-0.3, -0.25) is 0 Å². The van der Waals surface area contributed by atoms with E-state index in [1.165, 1.54) is 49.1 Å². The molecule has 1 aromatic heterocycles. The SMILES string of the molecule is C=Cc1ccc(C[n+]2ccn(CC(O)COCC(CC)CCCC)c2)cc1.C=Cc1ccc(S(=O)(=O)[O-])cc1. The minimum absolute atomic E-state index is 0.215. The van der Waals surface area contributed by atoms with Crippen molar-refractivity contribution in [2.75, 3.05) is 13.2 Å². The fourth-order valence-corrected chi connectivity index (χ4v) is 4.42. The number of nitrogens with zero attached hydrogens (tertiary/aromatic N) is 2. The predicted octanol–water partition coefficient (Wildman–Crippen LogP) is 5.29. The van der Waals surface area contributed by atoms with Gasteiger partial charge in [-0.1, -0.05) is 94.8 Å². The molecule has 0 aliphatic heterocycles. The lowest BCUT2D eigenvalue weighted by molar-refractivity contribution is -0.687. The van der Waals surface area contributed by atoms with Gasteiger partial charge in [0, 0.05) is 6.61 Å². The minimum Gasteiger partial charge on any atom is -0.744 e. The minimum atomic E-state index is -4.31. The third-order valence-electron chi connectivity index (χ3n) is 6.36. The second-order valence-corrected chi connectivity index (χ2v) is 10.9. The van der Waals surface area contributed by atoms with E-state index in [0.29, 0.717) is 19.1 Å². The first-order valence-corrected chi connectivity index (χ1v) is 14.8. The first-order valence-electron chi connectivity index (χ1n) is 13.4. The van der Waals surface area contributed by atoms with Crippen LogP contribution in [-0.2, 0) is 27.9 Å². The molecule has 0 aliphatic carbocycles. The van der Waals surface area contributed by atoms with Crippen molar-refractivity contribution < 1.29 is 27.4 Å². The van der Waals surface area contributed by atoms with Crippen LogP contribution in [0.15, 0.2) is 85.3 Å². The molecule has 0 aliphatic rings. The molecule has 2 atom stereocenters. The van der Waals surface area contributed by atoms with E-state index < -0.39 is 16.2 Å². The molecule has 1 N–H and O–H groups in total. The summed E-state index contributed by atoms with van der Waals surface area (Å²) in [4.78, 5) is -0.215. The molecule has 0 bridgehead atoms. The van der Waals surface area contributed by atoms with E-state index in [-0.39, 0.29) is 4.90 Å². The number of rotatable bonds is 15. The van der Waals surface area contributed by atoms with E-state index >= 15 is 0 Å². The molecule has 0 saturated carbocycles. The van der Waals surface area contributed by atoms with Crippen molar-refractivity contribution in [1.29, 1.82) is 0 Å². The smallest absolute Gasteiger partial charge is 0.244 e. The van der Waals surface area contributed by atoms with Crippen LogP contribution in [0.4, 0.5) is 0 Å². The Bertz CT molecular complexity index is 1230. The van der Waals surface area contributed by atoms with Crippen molar-refractivity contribution in [1.82, 2.24) is 4.57 Å². The molecule has 1 heterocycles. The number of ether oxygens (including phenoxy) is 1. The highest BCUT2D eigenvalue weighted by atomic mass is 32.2.